The van der Waals surface area contributed by atoms with Gasteiger partial charge in [0, 0.05) is 5.92 Å². The Kier molecular flexibility index (Phi) is 3.54. The third-order valence-corrected chi connectivity index (χ3v) is 5.25. The fraction of sp³-hybridized carbons (Fsp3) is 0.438. The highest BCUT2D eigenvalue weighted by Gasteiger charge is 2.23. The van der Waals surface area contributed by atoms with E-state index in [4.69, 9.17) is 9.84 Å². The molecule has 0 spiro atoms. The number of ether oxygens (including phenoxy) is 1. The molecule has 0 saturated heterocycles. The molecule has 1 aliphatic rings. The average Bonchev–Trinajstić information content (AvgIpc) is 3.16. The SMILES string of the molecule is COc1ccccc1-c1nn2c(C3CCCCC3)nnc2s1. The third kappa shape index (κ3) is 2.27. The van der Waals surface area contributed by atoms with Crippen LogP contribution in [0.2, 0.25) is 0 Å². The zero-order chi connectivity index (χ0) is 14.9. The molecule has 4 rings (SSSR count). The molecule has 3 aromatic rings. The van der Waals surface area contributed by atoms with Gasteiger partial charge in [0.1, 0.15) is 5.75 Å². The Balaban J connectivity index is 1.76. The van der Waals surface area contributed by atoms with Gasteiger partial charge in [-0.3, -0.25) is 0 Å². The highest BCUT2D eigenvalue weighted by Crippen LogP contribution is 2.35. The van der Waals surface area contributed by atoms with Crippen LogP contribution in [-0.4, -0.2) is 26.9 Å². The first-order valence-corrected chi connectivity index (χ1v) is 8.54. The van der Waals surface area contributed by atoms with Crippen LogP contribution < -0.4 is 4.74 Å². The normalized spacial score (nSPS) is 16.2. The van der Waals surface area contributed by atoms with Crippen LogP contribution in [0.25, 0.3) is 15.5 Å². The van der Waals surface area contributed by atoms with Gasteiger partial charge in [-0.05, 0) is 25.0 Å². The predicted molar refractivity (Wildman–Crippen MR) is 86.5 cm³/mol. The molecule has 114 valence electrons. The molecule has 2 aromatic heterocycles. The Labute approximate surface area is 133 Å². The van der Waals surface area contributed by atoms with E-state index >= 15 is 0 Å². The molecular weight excluding hydrogens is 296 g/mol. The molecule has 0 unspecified atom stereocenters. The van der Waals surface area contributed by atoms with Gasteiger partial charge in [0.2, 0.25) is 4.96 Å². The van der Waals surface area contributed by atoms with E-state index in [1.165, 1.54) is 32.1 Å². The molecule has 1 aliphatic carbocycles. The highest BCUT2D eigenvalue weighted by atomic mass is 32.1. The van der Waals surface area contributed by atoms with Gasteiger partial charge in [0.25, 0.3) is 0 Å². The molecule has 1 fully saturated rings. The average molecular weight is 314 g/mol. The van der Waals surface area contributed by atoms with Gasteiger partial charge in [-0.15, -0.1) is 10.2 Å². The minimum absolute atomic E-state index is 0.497. The quantitative estimate of drug-likeness (QED) is 0.735. The number of methoxy groups -OCH3 is 1. The molecule has 0 amide bonds. The summed E-state index contributed by atoms with van der Waals surface area (Å²) in [7, 11) is 1.69. The summed E-state index contributed by atoms with van der Waals surface area (Å²) in [6.07, 6.45) is 6.29. The number of para-hydroxylation sites is 1. The van der Waals surface area contributed by atoms with Crippen LogP contribution in [0.3, 0.4) is 0 Å². The van der Waals surface area contributed by atoms with Gasteiger partial charge in [-0.2, -0.15) is 9.61 Å². The van der Waals surface area contributed by atoms with Crippen LogP contribution >= 0.6 is 11.3 Å². The van der Waals surface area contributed by atoms with Gasteiger partial charge < -0.3 is 4.74 Å². The molecular formula is C16H18N4OS. The van der Waals surface area contributed by atoms with E-state index in [1.807, 2.05) is 28.8 Å². The van der Waals surface area contributed by atoms with Crippen molar-refractivity contribution >= 4 is 16.3 Å². The summed E-state index contributed by atoms with van der Waals surface area (Å²) in [6.45, 7) is 0. The second-order valence-electron chi connectivity index (χ2n) is 5.70. The number of benzene rings is 1. The zero-order valence-corrected chi connectivity index (χ0v) is 13.3. The Hall–Kier alpha value is -1.95. The Morgan fingerprint density at radius 1 is 1.14 bits per heavy atom. The van der Waals surface area contributed by atoms with Crippen LogP contribution in [-0.2, 0) is 0 Å². The third-order valence-electron chi connectivity index (χ3n) is 4.32. The number of rotatable bonds is 3. The first kappa shape index (κ1) is 13.7. The largest absolute Gasteiger partial charge is 0.496 e. The lowest BCUT2D eigenvalue weighted by atomic mass is 9.89. The molecule has 6 heteroatoms. The lowest BCUT2D eigenvalue weighted by molar-refractivity contribution is 0.416. The molecule has 0 aliphatic heterocycles. The van der Waals surface area contributed by atoms with Crippen LogP contribution in [0.15, 0.2) is 24.3 Å². The van der Waals surface area contributed by atoms with Crippen molar-refractivity contribution in [1.82, 2.24) is 19.8 Å². The van der Waals surface area contributed by atoms with Gasteiger partial charge >= 0.3 is 0 Å². The Bertz CT molecular complexity index is 788. The minimum Gasteiger partial charge on any atom is -0.496 e. The molecule has 1 saturated carbocycles. The summed E-state index contributed by atoms with van der Waals surface area (Å²) < 4.78 is 7.37. The maximum atomic E-state index is 5.44. The van der Waals surface area contributed by atoms with Crippen molar-refractivity contribution in [2.75, 3.05) is 7.11 Å². The Morgan fingerprint density at radius 3 is 2.77 bits per heavy atom. The predicted octanol–water partition coefficient (Wildman–Crippen LogP) is 3.91. The summed E-state index contributed by atoms with van der Waals surface area (Å²) in [5.74, 6) is 2.36. The van der Waals surface area contributed by atoms with E-state index in [1.54, 1.807) is 18.4 Å². The van der Waals surface area contributed by atoms with Crippen LogP contribution in [0.1, 0.15) is 43.8 Å². The van der Waals surface area contributed by atoms with Gasteiger partial charge in [0.15, 0.2) is 10.8 Å². The fourth-order valence-corrected chi connectivity index (χ4v) is 4.05. The molecule has 0 radical (unpaired) electrons. The highest BCUT2D eigenvalue weighted by molar-refractivity contribution is 7.19. The second-order valence-corrected chi connectivity index (χ2v) is 6.65. The molecule has 0 atom stereocenters. The van der Waals surface area contributed by atoms with E-state index < -0.39 is 0 Å². The van der Waals surface area contributed by atoms with Crippen molar-refractivity contribution < 1.29 is 4.74 Å². The summed E-state index contributed by atoms with van der Waals surface area (Å²) in [5.41, 5.74) is 1.01. The lowest BCUT2D eigenvalue weighted by Crippen LogP contribution is -2.09. The second kappa shape index (κ2) is 5.68. The standard InChI is InChI=1S/C16H18N4OS/c1-21-13-10-6-5-9-12(13)15-19-20-14(17-18-16(20)22-15)11-7-3-2-4-8-11/h5-6,9-11H,2-4,7-8H2,1H3. The van der Waals surface area contributed by atoms with Crippen molar-refractivity contribution in [1.29, 1.82) is 0 Å². The summed E-state index contributed by atoms with van der Waals surface area (Å²) in [5, 5.41) is 14.4. The number of hydrogen-bond donors (Lipinski definition) is 0. The molecule has 0 bridgehead atoms. The summed E-state index contributed by atoms with van der Waals surface area (Å²) in [6, 6.07) is 7.96. The van der Waals surface area contributed by atoms with Crippen LogP contribution in [0.5, 0.6) is 5.75 Å². The fourth-order valence-electron chi connectivity index (χ4n) is 3.18. The summed E-state index contributed by atoms with van der Waals surface area (Å²) in [4.78, 5) is 0.862. The first-order valence-electron chi connectivity index (χ1n) is 7.72. The van der Waals surface area contributed by atoms with E-state index in [0.717, 1.165) is 27.1 Å². The van der Waals surface area contributed by atoms with Crippen molar-refractivity contribution in [3.8, 4) is 16.3 Å². The zero-order valence-electron chi connectivity index (χ0n) is 12.5. The van der Waals surface area contributed by atoms with Crippen molar-refractivity contribution in [3.63, 3.8) is 0 Å². The lowest BCUT2D eigenvalue weighted by Gasteiger charge is -2.18. The topological polar surface area (TPSA) is 52.3 Å². The van der Waals surface area contributed by atoms with Gasteiger partial charge in [-0.1, -0.05) is 42.7 Å². The van der Waals surface area contributed by atoms with E-state index in [2.05, 4.69) is 10.2 Å². The number of nitrogens with zero attached hydrogens (tertiary/aromatic N) is 4. The van der Waals surface area contributed by atoms with E-state index in [9.17, 15) is 0 Å². The number of fused-ring (bicyclic) bond motifs is 1. The van der Waals surface area contributed by atoms with Crippen LogP contribution in [0, 0.1) is 0 Å². The smallest absolute Gasteiger partial charge is 0.234 e. The minimum atomic E-state index is 0.497. The maximum absolute atomic E-state index is 5.44. The summed E-state index contributed by atoms with van der Waals surface area (Å²) >= 11 is 1.56. The van der Waals surface area contributed by atoms with Crippen molar-refractivity contribution in [2.24, 2.45) is 0 Å². The van der Waals surface area contributed by atoms with Crippen molar-refractivity contribution in [3.05, 3.63) is 30.1 Å². The first-order chi connectivity index (χ1) is 10.9. The molecule has 0 N–H and O–H groups in total. The van der Waals surface area contributed by atoms with Gasteiger partial charge in [0.05, 0.1) is 12.7 Å². The molecule has 22 heavy (non-hydrogen) atoms. The molecule has 5 nitrogen and oxygen atoms in total. The maximum Gasteiger partial charge on any atom is 0.234 e. The monoisotopic (exact) mass is 314 g/mol. The Morgan fingerprint density at radius 2 is 1.95 bits per heavy atom. The molecule has 2 heterocycles. The number of hydrogen-bond acceptors (Lipinski definition) is 5. The molecule has 1 aromatic carbocycles. The van der Waals surface area contributed by atoms with Gasteiger partial charge in [-0.25, -0.2) is 0 Å². The number of aromatic nitrogens is 4. The van der Waals surface area contributed by atoms with E-state index in [-0.39, 0.29) is 0 Å². The van der Waals surface area contributed by atoms with Crippen molar-refractivity contribution in [2.45, 2.75) is 38.0 Å². The van der Waals surface area contributed by atoms with E-state index in [0.29, 0.717) is 5.92 Å². The van der Waals surface area contributed by atoms with Crippen LogP contribution in [0.4, 0.5) is 0 Å².